The minimum absolute atomic E-state index is 0.265. The van der Waals surface area contributed by atoms with Gasteiger partial charge in [0.15, 0.2) is 6.10 Å². The van der Waals surface area contributed by atoms with Crippen LogP contribution in [0.25, 0.3) is 0 Å². The van der Waals surface area contributed by atoms with Gasteiger partial charge in [0.1, 0.15) is 5.75 Å². The zero-order chi connectivity index (χ0) is 17.0. The van der Waals surface area contributed by atoms with Crippen LogP contribution in [0.15, 0.2) is 35.4 Å². The van der Waals surface area contributed by atoms with E-state index in [1.54, 1.807) is 18.3 Å². The smallest absolute Gasteiger partial charge is 0.280 e. The number of carbonyl (C=O) groups excluding carboxylic acids is 1. The molecule has 0 aliphatic heterocycles. The van der Waals surface area contributed by atoms with Gasteiger partial charge in [0.25, 0.3) is 5.91 Å². The lowest BCUT2D eigenvalue weighted by molar-refractivity contribution is -0.127. The Hall–Kier alpha value is -2.14. The minimum atomic E-state index is -0.614. The van der Waals surface area contributed by atoms with E-state index in [0.29, 0.717) is 0 Å². The van der Waals surface area contributed by atoms with Crippen LogP contribution in [-0.4, -0.2) is 17.7 Å². The summed E-state index contributed by atoms with van der Waals surface area (Å²) in [5, 5.41) is 4.16. The molecule has 1 aromatic heterocycles. The number of hydrogen-bond donors (Lipinski definition) is 1. The highest BCUT2D eigenvalue weighted by molar-refractivity contribution is 7.14. The van der Waals surface area contributed by atoms with Crippen LogP contribution in [0.5, 0.6) is 5.75 Å². The Morgan fingerprint density at radius 2 is 1.96 bits per heavy atom. The topological polar surface area (TPSA) is 50.7 Å². The Morgan fingerprint density at radius 1 is 1.22 bits per heavy atom. The molecular formula is C18H22N2O2S. The summed E-state index contributed by atoms with van der Waals surface area (Å²) in [6.07, 6.45) is -0.614. The van der Waals surface area contributed by atoms with Gasteiger partial charge < -0.3 is 4.74 Å². The number of benzene rings is 1. The molecule has 5 heteroatoms. The first-order valence-corrected chi connectivity index (χ1v) is 8.34. The van der Waals surface area contributed by atoms with Crippen molar-refractivity contribution in [1.29, 1.82) is 0 Å². The Balaban J connectivity index is 1.99. The predicted molar refractivity (Wildman–Crippen MR) is 95.4 cm³/mol. The fraction of sp³-hybridized carbons (Fsp3) is 0.333. The van der Waals surface area contributed by atoms with Crippen LogP contribution in [0.3, 0.4) is 0 Å². The predicted octanol–water partition coefficient (Wildman–Crippen LogP) is 3.98. The molecule has 0 spiro atoms. The van der Waals surface area contributed by atoms with Crippen molar-refractivity contribution in [3.63, 3.8) is 0 Å². The molecule has 0 radical (unpaired) electrons. The van der Waals surface area contributed by atoms with Crippen LogP contribution in [0, 0.1) is 20.8 Å². The van der Waals surface area contributed by atoms with Crippen molar-refractivity contribution in [1.82, 2.24) is 5.43 Å². The average molecular weight is 330 g/mol. The molecule has 0 aliphatic carbocycles. The van der Waals surface area contributed by atoms with Gasteiger partial charge in [-0.1, -0.05) is 12.1 Å². The van der Waals surface area contributed by atoms with Crippen LogP contribution < -0.4 is 10.2 Å². The summed E-state index contributed by atoms with van der Waals surface area (Å²) in [6.45, 7) is 9.64. The second-order valence-electron chi connectivity index (χ2n) is 5.54. The number of carbonyl (C=O) groups is 1. The molecule has 2 aromatic rings. The first-order chi connectivity index (χ1) is 10.9. The number of ether oxygens (including phenoxy) is 1. The number of rotatable bonds is 5. The number of hydrazone groups is 1. The van der Waals surface area contributed by atoms with Gasteiger partial charge in [-0.05, 0) is 63.9 Å². The van der Waals surface area contributed by atoms with Gasteiger partial charge in [-0.15, -0.1) is 11.3 Å². The molecule has 0 bridgehead atoms. The Labute approximate surface area is 141 Å². The molecule has 4 nitrogen and oxygen atoms in total. The first kappa shape index (κ1) is 17.2. The van der Waals surface area contributed by atoms with Gasteiger partial charge in [-0.3, -0.25) is 4.79 Å². The molecule has 23 heavy (non-hydrogen) atoms. The highest BCUT2D eigenvalue weighted by Crippen LogP contribution is 2.21. The van der Waals surface area contributed by atoms with Crippen molar-refractivity contribution in [3.05, 3.63) is 51.2 Å². The van der Waals surface area contributed by atoms with E-state index in [4.69, 9.17) is 4.74 Å². The number of nitrogens with zero attached hydrogens (tertiary/aromatic N) is 1. The zero-order valence-electron chi connectivity index (χ0n) is 14.1. The van der Waals surface area contributed by atoms with E-state index < -0.39 is 6.10 Å². The van der Waals surface area contributed by atoms with Crippen molar-refractivity contribution in [2.45, 2.75) is 40.7 Å². The highest BCUT2D eigenvalue weighted by atomic mass is 32.1. The maximum Gasteiger partial charge on any atom is 0.280 e. The Bertz CT molecular complexity index is 734. The SMILES string of the molecule is C/C(=N/NC(=O)[C@H](C)Oc1cccc(C)c1C)c1ccc(C)s1. The molecular weight excluding hydrogens is 308 g/mol. The van der Waals surface area contributed by atoms with Crippen molar-refractivity contribution < 1.29 is 9.53 Å². The summed E-state index contributed by atoms with van der Waals surface area (Å²) >= 11 is 1.65. The highest BCUT2D eigenvalue weighted by Gasteiger charge is 2.15. The molecule has 1 atom stereocenters. The van der Waals surface area contributed by atoms with Crippen LogP contribution >= 0.6 is 11.3 Å². The number of amides is 1. The molecule has 0 unspecified atom stereocenters. The van der Waals surface area contributed by atoms with Crippen molar-refractivity contribution >= 4 is 23.0 Å². The van der Waals surface area contributed by atoms with Gasteiger partial charge in [0.05, 0.1) is 10.6 Å². The zero-order valence-corrected chi connectivity index (χ0v) is 15.0. The average Bonchev–Trinajstić information content (AvgIpc) is 2.95. The minimum Gasteiger partial charge on any atom is -0.481 e. The normalized spacial score (nSPS) is 12.8. The van der Waals surface area contributed by atoms with Gasteiger partial charge in [-0.25, -0.2) is 5.43 Å². The quantitative estimate of drug-likeness (QED) is 0.666. The van der Waals surface area contributed by atoms with Crippen LogP contribution in [0.4, 0.5) is 0 Å². The fourth-order valence-corrected chi connectivity index (χ4v) is 2.82. The van der Waals surface area contributed by atoms with E-state index in [0.717, 1.165) is 27.5 Å². The van der Waals surface area contributed by atoms with Crippen LogP contribution in [0.1, 0.15) is 34.7 Å². The molecule has 0 saturated heterocycles. The second kappa shape index (κ2) is 7.42. The lowest BCUT2D eigenvalue weighted by Gasteiger charge is -2.16. The lowest BCUT2D eigenvalue weighted by atomic mass is 10.1. The van der Waals surface area contributed by atoms with E-state index >= 15 is 0 Å². The number of nitrogens with one attached hydrogen (secondary N) is 1. The van der Waals surface area contributed by atoms with Gasteiger partial charge in [0, 0.05) is 4.88 Å². The lowest BCUT2D eigenvalue weighted by Crippen LogP contribution is -2.34. The summed E-state index contributed by atoms with van der Waals surface area (Å²) in [5.41, 5.74) is 5.54. The third-order valence-corrected chi connectivity index (χ3v) is 4.77. The van der Waals surface area contributed by atoms with Gasteiger partial charge >= 0.3 is 0 Å². The molecule has 0 saturated carbocycles. The van der Waals surface area contributed by atoms with Gasteiger partial charge in [-0.2, -0.15) is 5.10 Å². The number of hydrogen-bond acceptors (Lipinski definition) is 4. The van der Waals surface area contributed by atoms with E-state index in [1.165, 1.54) is 4.88 Å². The van der Waals surface area contributed by atoms with Crippen LogP contribution in [0.2, 0.25) is 0 Å². The van der Waals surface area contributed by atoms with E-state index in [-0.39, 0.29) is 5.91 Å². The molecule has 2 rings (SSSR count). The summed E-state index contributed by atoms with van der Waals surface area (Å²) in [5.74, 6) is 0.459. The summed E-state index contributed by atoms with van der Waals surface area (Å²) in [4.78, 5) is 14.4. The third-order valence-electron chi connectivity index (χ3n) is 3.66. The third kappa shape index (κ3) is 4.42. The van der Waals surface area contributed by atoms with Crippen molar-refractivity contribution in [3.8, 4) is 5.75 Å². The molecule has 1 heterocycles. The van der Waals surface area contributed by atoms with E-state index in [1.807, 2.05) is 58.0 Å². The monoisotopic (exact) mass is 330 g/mol. The fourth-order valence-electron chi connectivity index (χ4n) is 2.01. The Morgan fingerprint density at radius 3 is 2.61 bits per heavy atom. The van der Waals surface area contributed by atoms with E-state index in [2.05, 4.69) is 10.5 Å². The first-order valence-electron chi connectivity index (χ1n) is 7.52. The largest absolute Gasteiger partial charge is 0.481 e. The molecule has 122 valence electrons. The summed E-state index contributed by atoms with van der Waals surface area (Å²) in [6, 6.07) is 9.84. The maximum atomic E-state index is 12.1. The number of thiophene rings is 1. The van der Waals surface area contributed by atoms with Crippen molar-refractivity contribution in [2.75, 3.05) is 0 Å². The Kier molecular flexibility index (Phi) is 5.55. The maximum absolute atomic E-state index is 12.1. The van der Waals surface area contributed by atoms with Gasteiger partial charge in [0.2, 0.25) is 0 Å². The molecule has 1 amide bonds. The second-order valence-corrected chi connectivity index (χ2v) is 6.83. The van der Waals surface area contributed by atoms with Crippen LogP contribution in [-0.2, 0) is 4.79 Å². The molecule has 0 fully saturated rings. The van der Waals surface area contributed by atoms with E-state index in [9.17, 15) is 4.79 Å². The summed E-state index contributed by atoms with van der Waals surface area (Å²) < 4.78 is 5.75. The number of aryl methyl sites for hydroxylation is 2. The summed E-state index contributed by atoms with van der Waals surface area (Å²) in [7, 11) is 0. The molecule has 1 aromatic carbocycles. The molecule has 0 aliphatic rings. The van der Waals surface area contributed by atoms with Crippen molar-refractivity contribution in [2.24, 2.45) is 5.10 Å². The standard InChI is InChI=1S/C18H22N2O2S/c1-11-7-6-8-16(13(11)3)22-15(5)18(21)20-19-14(4)17-10-9-12(2)23-17/h6-10,15H,1-5H3,(H,20,21)/b19-14-/t15-/m0/s1. The molecule has 1 N–H and O–H groups in total.